The fraction of sp³-hybridized carbons (Fsp3) is 0.280. The van der Waals surface area contributed by atoms with Gasteiger partial charge in [-0.05, 0) is 61.1 Å². The molecule has 0 radical (unpaired) electrons. The summed E-state index contributed by atoms with van der Waals surface area (Å²) in [5, 5.41) is 12.9. The number of carbonyl (C=O) groups excluding carboxylic acids is 3. The highest BCUT2D eigenvalue weighted by Crippen LogP contribution is 2.34. The number of nitrogens with zero attached hydrogens (tertiary/aromatic N) is 2. The van der Waals surface area contributed by atoms with E-state index in [0.29, 0.717) is 11.3 Å². The number of benzene rings is 2. The number of aromatic nitrogens is 1. The van der Waals surface area contributed by atoms with Gasteiger partial charge in [0.05, 0.1) is 5.69 Å². The molecule has 2 aromatic carbocycles. The topological polar surface area (TPSA) is 152 Å². The Labute approximate surface area is 206 Å². The van der Waals surface area contributed by atoms with E-state index >= 15 is 0 Å². The summed E-state index contributed by atoms with van der Waals surface area (Å²) >= 11 is 0.760. The minimum atomic E-state index is -1.06. The number of nitrogens with one attached hydrogen (secondary N) is 1. The molecule has 1 aromatic heterocycles. The molecule has 1 unspecified atom stereocenters. The first-order chi connectivity index (χ1) is 16.8. The minimum Gasteiger partial charge on any atom is -0.508 e. The minimum absolute atomic E-state index is 0.0109. The molecule has 1 atom stereocenters. The van der Waals surface area contributed by atoms with Gasteiger partial charge in [0.15, 0.2) is 5.69 Å². The Hall–Kier alpha value is -3.92. The lowest BCUT2D eigenvalue weighted by Crippen LogP contribution is -2.46. The van der Waals surface area contributed by atoms with Gasteiger partial charge in [0, 0.05) is 11.7 Å². The van der Waals surface area contributed by atoms with Crippen LogP contribution in [0.2, 0.25) is 0 Å². The Morgan fingerprint density at radius 2 is 1.71 bits per heavy atom. The first-order valence-electron chi connectivity index (χ1n) is 11.3. The Bertz CT molecular complexity index is 1230. The zero-order valence-electron chi connectivity index (χ0n) is 19.2. The number of nitrogen functional groups attached to an aromatic ring is 1. The molecule has 1 saturated carbocycles. The van der Waals surface area contributed by atoms with Crippen LogP contribution in [0.3, 0.4) is 0 Å². The van der Waals surface area contributed by atoms with E-state index in [1.807, 2.05) is 19.1 Å². The number of aryl methyl sites for hydroxylation is 1. The fourth-order valence-corrected chi connectivity index (χ4v) is 4.99. The highest BCUT2D eigenvalue weighted by Gasteiger charge is 2.37. The second kappa shape index (κ2) is 10.1. The largest absolute Gasteiger partial charge is 0.508 e. The van der Waals surface area contributed by atoms with E-state index in [9.17, 15) is 19.5 Å². The molecule has 1 heterocycles. The second-order valence-corrected chi connectivity index (χ2v) is 9.41. The molecule has 0 saturated heterocycles. The third-order valence-corrected chi connectivity index (χ3v) is 6.95. The van der Waals surface area contributed by atoms with E-state index in [1.165, 1.54) is 17.0 Å². The molecule has 0 spiro atoms. The third-order valence-electron chi connectivity index (χ3n) is 6.10. The maximum atomic E-state index is 13.9. The number of amides is 3. The number of phenols is 1. The smallest absolute Gasteiger partial charge is 0.273 e. The van der Waals surface area contributed by atoms with Crippen LogP contribution < -0.4 is 21.7 Å². The quantitative estimate of drug-likeness (QED) is 0.396. The second-order valence-electron chi connectivity index (χ2n) is 8.63. The number of phenolic OH excluding ortho intramolecular Hbond substituents is 1. The summed E-state index contributed by atoms with van der Waals surface area (Å²) in [5.74, 6) is -1.74. The van der Waals surface area contributed by atoms with Crippen molar-refractivity contribution in [1.29, 1.82) is 0 Å². The molecule has 3 amide bonds. The molecule has 6 N–H and O–H groups in total. The third kappa shape index (κ3) is 5.12. The summed E-state index contributed by atoms with van der Waals surface area (Å²) in [6.45, 7) is 1.92. The molecule has 0 aliphatic heterocycles. The van der Waals surface area contributed by atoms with Gasteiger partial charge in [0.1, 0.15) is 16.7 Å². The normalized spacial score (nSPS) is 14.4. The van der Waals surface area contributed by atoms with Gasteiger partial charge in [-0.2, -0.15) is 4.37 Å². The number of nitrogens with two attached hydrogens (primary N) is 2. The Balaban J connectivity index is 1.84. The van der Waals surface area contributed by atoms with Crippen LogP contribution in [0.4, 0.5) is 11.4 Å². The van der Waals surface area contributed by atoms with Gasteiger partial charge in [-0.1, -0.05) is 42.7 Å². The summed E-state index contributed by atoms with van der Waals surface area (Å²) in [6, 6.07) is 12.3. The molecular weight excluding hydrogens is 466 g/mol. The Morgan fingerprint density at radius 1 is 1.09 bits per heavy atom. The molecule has 9 nitrogen and oxygen atoms in total. The van der Waals surface area contributed by atoms with Crippen molar-refractivity contribution >= 4 is 40.6 Å². The van der Waals surface area contributed by atoms with E-state index in [1.54, 1.807) is 24.3 Å². The number of anilines is 2. The van der Waals surface area contributed by atoms with Crippen LogP contribution in [-0.2, 0) is 4.79 Å². The predicted octanol–water partition coefficient (Wildman–Crippen LogP) is 3.29. The van der Waals surface area contributed by atoms with Crippen LogP contribution in [0.5, 0.6) is 5.75 Å². The zero-order chi connectivity index (χ0) is 25.1. The molecule has 0 bridgehead atoms. The number of hydrogen-bond acceptors (Lipinski definition) is 7. The van der Waals surface area contributed by atoms with Crippen LogP contribution >= 0.6 is 11.5 Å². The summed E-state index contributed by atoms with van der Waals surface area (Å²) in [4.78, 5) is 40.7. The number of rotatable bonds is 7. The van der Waals surface area contributed by atoms with Gasteiger partial charge >= 0.3 is 0 Å². The monoisotopic (exact) mass is 493 g/mol. The van der Waals surface area contributed by atoms with Crippen molar-refractivity contribution in [2.24, 2.45) is 5.73 Å². The van der Waals surface area contributed by atoms with Crippen molar-refractivity contribution in [3.63, 3.8) is 0 Å². The average molecular weight is 494 g/mol. The average Bonchev–Trinajstić information content (AvgIpc) is 3.48. The van der Waals surface area contributed by atoms with E-state index < -0.39 is 17.9 Å². The SMILES string of the molecule is Cc1ccc(N(C(=O)c2snc(C(N)=O)c2N)C(C(=O)NC2CCCC2)c2ccc(O)cc2)cc1. The lowest BCUT2D eigenvalue weighted by molar-refractivity contribution is -0.123. The predicted molar refractivity (Wildman–Crippen MR) is 134 cm³/mol. The van der Waals surface area contributed by atoms with E-state index in [0.717, 1.165) is 42.8 Å². The molecular formula is C25H27N5O4S. The van der Waals surface area contributed by atoms with Gasteiger partial charge in [-0.15, -0.1) is 0 Å². The lowest BCUT2D eigenvalue weighted by atomic mass is 10.0. The van der Waals surface area contributed by atoms with Crippen LogP contribution in [-0.4, -0.2) is 33.2 Å². The maximum Gasteiger partial charge on any atom is 0.273 e. The van der Waals surface area contributed by atoms with Crippen LogP contribution in [0.15, 0.2) is 48.5 Å². The van der Waals surface area contributed by atoms with Gasteiger partial charge in [-0.25, -0.2) is 0 Å². The first kappa shape index (κ1) is 24.2. The van der Waals surface area contributed by atoms with Crippen molar-refractivity contribution in [3.8, 4) is 5.75 Å². The molecule has 1 fully saturated rings. The molecule has 3 aromatic rings. The summed E-state index contributed by atoms with van der Waals surface area (Å²) in [7, 11) is 0. The van der Waals surface area contributed by atoms with Gasteiger partial charge in [0.25, 0.3) is 11.8 Å². The van der Waals surface area contributed by atoms with Crippen molar-refractivity contribution in [2.45, 2.75) is 44.7 Å². The maximum absolute atomic E-state index is 13.9. The van der Waals surface area contributed by atoms with Crippen molar-refractivity contribution in [3.05, 3.63) is 70.2 Å². The molecule has 1 aliphatic rings. The van der Waals surface area contributed by atoms with Gasteiger partial charge in [-0.3, -0.25) is 19.3 Å². The van der Waals surface area contributed by atoms with Crippen LogP contribution in [0.25, 0.3) is 0 Å². The highest BCUT2D eigenvalue weighted by molar-refractivity contribution is 7.09. The number of hydrogen-bond donors (Lipinski definition) is 4. The van der Waals surface area contributed by atoms with Gasteiger partial charge < -0.3 is 21.9 Å². The fourth-order valence-electron chi connectivity index (χ4n) is 4.25. The van der Waals surface area contributed by atoms with Gasteiger partial charge in [0.2, 0.25) is 5.91 Å². The van der Waals surface area contributed by atoms with Crippen LogP contribution in [0.1, 0.15) is 63.0 Å². The summed E-state index contributed by atoms with van der Waals surface area (Å²) in [5.41, 5.74) is 13.1. The van der Waals surface area contributed by atoms with E-state index in [-0.39, 0.29) is 34.0 Å². The molecule has 4 rings (SSSR count). The Morgan fingerprint density at radius 3 is 2.29 bits per heavy atom. The molecule has 10 heteroatoms. The molecule has 35 heavy (non-hydrogen) atoms. The highest BCUT2D eigenvalue weighted by atomic mass is 32.1. The standard InChI is InChI=1S/C25H27N5O4S/c1-14-6-10-17(11-7-14)30(25(34)22-19(26)20(23(27)32)29-35-22)21(15-8-12-18(31)13-9-15)24(33)28-16-4-2-3-5-16/h6-13,16,21,31H,2-5,26H2,1H3,(H2,27,32)(H,28,33). The Kier molecular flexibility index (Phi) is 7.02. The lowest BCUT2D eigenvalue weighted by Gasteiger charge is -2.32. The van der Waals surface area contributed by atoms with E-state index in [4.69, 9.17) is 11.5 Å². The van der Waals surface area contributed by atoms with E-state index in [2.05, 4.69) is 9.69 Å². The van der Waals surface area contributed by atoms with Crippen LogP contribution in [0, 0.1) is 6.92 Å². The van der Waals surface area contributed by atoms with Crippen molar-refractivity contribution < 1.29 is 19.5 Å². The summed E-state index contributed by atoms with van der Waals surface area (Å²) in [6.07, 6.45) is 3.80. The molecule has 182 valence electrons. The number of aromatic hydroxyl groups is 1. The van der Waals surface area contributed by atoms with Crippen molar-refractivity contribution in [1.82, 2.24) is 9.69 Å². The zero-order valence-corrected chi connectivity index (χ0v) is 20.0. The first-order valence-corrected chi connectivity index (χ1v) is 12.1. The number of primary amides is 1. The van der Waals surface area contributed by atoms with Crippen molar-refractivity contribution in [2.75, 3.05) is 10.6 Å². The number of carbonyl (C=O) groups is 3. The summed E-state index contributed by atoms with van der Waals surface area (Å²) < 4.78 is 3.96. The molecule has 1 aliphatic carbocycles.